The zero-order valence-corrected chi connectivity index (χ0v) is 8.09. The first kappa shape index (κ1) is 12.0. The third-order valence-electron chi connectivity index (χ3n) is 2.11. The molecule has 2 nitrogen and oxygen atoms in total. The van der Waals surface area contributed by atoms with Gasteiger partial charge in [-0.1, -0.05) is 18.2 Å². The zero-order valence-electron chi connectivity index (χ0n) is 8.09. The van der Waals surface area contributed by atoms with Crippen molar-refractivity contribution in [2.24, 2.45) is 11.5 Å². The lowest BCUT2D eigenvalue weighted by Gasteiger charge is -2.15. The standard InChI is InChI=1S/C10H13F3N2/c11-10(12,13)9-4-2-1-3-7(9)5-8(15)6-14/h1-4,8H,5-6,14-15H2. The molecule has 4 N–H and O–H groups in total. The molecule has 5 heteroatoms. The third-order valence-corrected chi connectivity index (χ3v) is 2.11. The molecule has 1 unspecified atom stereocenters. The fourth-order valence-corrected chi connectivity index (χ4v) is 1.34. The van der Waals surface area contributed by atoms with Crippen molar-refractivity contribution in [2.75, 3.05) is 6.54 Å². The number of halogens is 3. The molecule has 0 aliphatic rings. The van der Waals surface area contributed by atoms with Crippen LogP contribution in [0.25, 0.3) is 0 Å². The summed E-state index contributed by atoms with van der Waals surface area (Å²) in [5.41, 5.74) is 10.4. The van der Waals surface area contributed by atoms with E-state index in [2.05, 4.69) is 0 Å². The highest BCUT2D eigenvalue weighted by Gasteiger charge is 2.32. The van der Waals surface area contributed by atoms with E-state index in [-0.39, 0.29) is 18.5 Å². The van der Waals surface area contributed by atoms with Crippen LogP contribution in [0.3, 0.4) is 0 Å². The van der Waals surface area contributed by atoms with Gasteiger partial charge in [0.1, 0.15) is 0 Å². The van der Waals surface area contributed by atoms with Gasteiger partial charge in [0.2, 0.25) is 0 Å². The Hall–Kier alpha value is -1.07. The maximum Gasteiger partial charge on any atom is 0.416 e. The molecule has 1 aromatic rings. The number of hydrogen-bond donors (Lipinski definition) is 2. The van der Waals surface area contributed by atoms with Crippen LogP contribution in [-0.4, -0.2) is 12.6 Å². The van der Waals surface area contributed by atoms with Gasteiger partial charge in [-0.05, 0) is 18.1 Å². The van der Waals surface area contributed by atoms with E-state index in [1.807, 2.05) is 0 Å². The quantitative estimate of drug-likeness (QED) is 0.808. The molecule has 1 atom stereocenters. The monoisotopic (exact) mass is 218 g/mol. The minimum absolute atomic E-state index is 0.145. The SMILES string of the molecule is NCC(N)Cc1ccccc1C(F)(F)F. The Bertz CT molecular complexity index is 323. The fourth-order valence-electron chi connectivity index (χ4n) is 1.34. The second kappa shape index (κ2) is 4.63. The van der Waals surface area contributed by atoms with Gasteiger partial charge in [0.15, 0.2) is 0 Å². The first-order valence-corrected chi connectivity index (χ1v) is 4.56. The molecule has 0 aromatic heterocycles. The van der Waals surface area contributed by atoms with E-state index in [1.54, 1.807) is 6.07 Å². The number of nitrogens with two attached hydrogens (primary N) is 2. The van der Waals surface area contributed by atoms with Crippen molar-refractivity contribution >= 4 is 0 Å². The van der Waals surface area contributed by atoms with Crippen molar-refractivity contribution in [3.63, 3.8) is 0 Å². The molecule has 1 rings (SSSR count). The van der Waals surface area contributed by atoms with E-state index >= 15 is 0 Å². The first-order chi connectivity index (χ1) is 6.95. The van der Waals surface area contributed by atoms with Gasteiger partial charge in [-0.25, -0.2) is 0 Å². The van der Waals surface area contributed by atoms with E-state index in [0.29, 0.717) is 0 Å². The van der Waals surface area contributed by atoms with Crippen LogP contribution in [0, 0.1) is 0 Å². The van der Waals surface area contributed by atoms with Crippen molar-refractivity contribution in [2.45, 2.75) is 18.6 Å². The topological polar surface area (TPSA) is 52.0 Å². The Morgan fingerprint density at radius 3 is 2.33 bits per heavy atom. The highest BCUT2D eigenvalue weighted by molar-refractivity contribution is 5.30. The molecule has 0 spiro atoms. The summed E-state index contributed by atoms with van der Waals surface area (Å²) < 4.78 is 37.6. The average molecular weight is 218 g/mol. The van der Waals surface area contributed by atoms with Gasteiger partial charge in [0, 0.05) is 12.6 Å². The van der Waals surface area contributed by atoms with Crippen molar-refractivity contribution in [3.8, 4) is 0 Å². The maximum absolute atomic E-state index is 12.5. The lowest BCUT2D eigenvalue weighted by Crippen LogP contribution is -2.32. The van der Waals surface area contributed by atoms with E-state index in [0.717, 1.165) is 6.07 Å². The normalized spacial score (nSPS) is 13.9. The maximum atomic E-state index is 12.5. The van der Waals surface area contributed by atoms with Crippen molar-refractivity contribution < 1.29 is 13.2 Å². The summed E-state index contributed by atoms with van der Waals surface area (Å²) in [6, 6.07) is 4.97. The molecule has 0 amide bonds. The molecule has 0 fully saturated rings. The number of benzene rings is 1. The predicted molar refractivity (Wildman–Crippen MR) is 52.2 cm³/mol. The fraction of sp³-hybridized carbons (Fsp3) is 0.400. The van der Waals surface area contributed by atoms with Gasteiger partial charge < -0.3 is 11.5 Å². The summed E-state index contributed by atoms with van der Waals surface area (Å²) in [6.07, 6.45) is -4.18. The Labute approximate surface area is 86.1 Å². The van der Waals surface area contributed by atoms with Crippen LogP contribution < -0.4 is 11.5 Å². The summed E-state index contributed by atoms with van der Waals surface area (Å²) >= 11 is 0. The van der Waals surface area contributed by atoms with Crippen LogP contribution in [0.4, 0.5) is 13.2 Å². The number of hydrogen-bond acceptors (Lipinski definition) is 2. The van der Waals surface area contributed by atoms with Gasteiger partial charge in [0.05, 0.1) is 5.56 Å². The summed E-state index contributed by atoms with van der Waals surface area (Å²) in [5, 5.41) is 0. The van der Waals surface area contributed by atoms with E-state index in [1.165, 1.54) is 12.1 Å². The summed E-state index contributed by atoms with van der Waals surface area (Å²) in [5.74, 6) is 0. The van der Waals surface area contributed by atoms with Crippen LogP contribution in [0.1, 0.15) is 11.1 Å². The zero-order chi connectivity index (χ0) is 11.5. The van der Waals surface area contributed by atoms with Crippen LogP contribution in [-0.2, 0) is 12.6 Å². The lowest BCUT2D eigenvalue weighted by atomic mass is 10.0. The molecule has 0 heterocycles. The highest BCUT2D eigenvalue weighted by Crippen LogP contribution is 2.32. The summed E-state index contributed by atoms with van der Waals surface area (Å²) in [6.45, 7) is 0.173. The molecule has 0 saturated heterocycles. The molecular formula is C10H13F3N2. The van der Waals surface area contributed by atoms with E-state index in [4.69, 9.17) is 11.5 Å². The second-order valence-electron chi connectivity index (χ2n) is 3.35. The third kappa shape index (κ3) is 3.21. The number of rotatable bonds is 3. The van der Waals surface area contributed by atoms with Gasteiger partial charge in [-0.3, -0.25) is 0 Å². The van der Waals surface area contributed by atoms with Crippen LogP contribution in [0.5, 0.6) is 0 Å². The van der Waals surface area contributed by atoms with E-state index < -0.39 is 17.8 Å². The van der Waals surface area contributed by atoms with Gasteiger partial charge in [-0.15, -0.1) is 0 Å². The predicted octanol–water partition coefficient (Wildman–Crippen LogP) is 1.53. The smallest absolute Gasteiger partial charge is 0.329 e. The van der Waals surface area contributed by atoms with Gasteiger partial charge in [0.25, 0.3) is 0 Å². The molecule has 1 aromatic carbocycles. The Kier molecular flexibility index (Phi) is 3.71. The van der Waals surface area contributed by atoms with E-state index in [9.17, 15) is 13.2 Å². The van der Waals surface area contributed by atoms with Crippen molar-refractivity contribution in [3.05, 3.63) is 35.4 Å². The Morgan fingerprint density at radius 2 is 1.80 bits per heavy atom. The second-order valence-corrected chi connectivity index (χ2v) is 3.35. The van der Waals surface area contributed by atoms with Crippen molar-refractivity contribution in [1.29, 1.82) is 0 Å². The van der Waals surface area contributed by atoms with Crippen LogP contribution in [0.15, 0.2) is 24.3 Å². The van der Waals surface area contributed by atoms with Gasteiger partial charge >= 0.3 is 6.18 Å². The molecular weight excluding hydrogens is 205 g/mol. The molecule has 84 valence electrons. The van der Waals surface area contributed by atoms with Crippen LogP contribution >= 0.6 is 0 Å². The van der Waals surface area contributed by atoms with Crippen molar-refractivity contribution in [1.82, 2.24) is 0 Å². The Balaban J connectivity index is 2.97. The molecule has 0 radical (unpaired) electrons. The number of alkyl halides is 3. The summed E-state index contributed by atoms with van der Waals surface area (Å²) in [7, 11) is 0. The average Bonchev–Trinajstić information content (AvgIpc) is 2.17. The molecule has 0 bridgehead atoms. The summed E-state index contributed by atoms with van der Waals surface area (Å²) in [4.78, 5) is 0. The molecule has 0 aliphatic carbocycles. The lowest BCUT2D eigenvalue weighted by molar-refractivity contribution is -0.138. The minimum atomic E-state index is -4.33. The van der Waals surface area contributed by atoms with Crippen LogP contribution in [0.2, 0.25) is 0 Å². The first-order valence-electron chi connectivity index (χ1n) is 4.56. The molecule has 0 aliphatic heterocycles. The minimum Gasteiger partial charge on any atom is -0.329 e. The Morgan fingerprint density at radius 1 is 1.20 bits per heavy atom. The van der Waals surface area contributed by atoms with Gasteiger partial charge in [-0.2, -0.15) is 13.2 Å². The largest absolute Gasteiger partial charge is 0.416 e. The molecule has 0 saturated carbocycles. The molecule has 15 heavy (non-hydrogen) atoms. The highest BCUT2D eigenvalue weighted by atomic mass is 19.4.